The van der Waals surface area contributed by atoms with Gasteiger partial charge in [-0.15, -0.1) is 0 Å². The van der Waals surface area contributed by atoms with Crippen LogP contribution in [0.25, 0.3) is 0 Å². The molecule has 7 rings (SSSR count). The molecule has 4 atom stereocenters. The lowest BCUT2D eigenvalue weighted by Crippen LogP contribution is -2.41. The largest absolute Gasteiger partial charge is 0.497 e. The summed E-state index contributed by atoms with van der Waals surface area (Å²) in [5, 5.41) is 11.9. The first-order valence-corrected chi connectivity index (χ1v) is 19.4. The van der Waals surface area contributed by atoms with Crippen LogP contribution in [0.15, 0.2) is 119 Å². The van der Waals surface area contributed by atoms with Crippen LogP contribution in [0, 0.1) is 6.92 Å². The van der Waals surface area contributed by atoms with Crippen LogP contribution in [0.5, 0.6) is 11.5 Å². The van der Waals surface area contributed by atoms with Crippen LogP contribution >= 0.6 is 0 Å². The predicted octanol–water partition coefficient (Wildman–Crippen LogP) is 5.37. The maximum Gasteiger partial charge on any atom is 0.330 e. The topological polar surface area (TPSA) is 159 Å². The van der Waals surface area contributed by atoms with E-state index >= 15 is 0 Å². The predicted molar refractivity (Wildman–Crippen MR) is 214 cm³/mol. The number of imide groups is 1. The second kappa shape index (κ2) is 17.7. The number of ether oxygens (including phenoxy) is 5. The van der Waals surface area contributed by atoms with Crippen molar-refractivity contribution in [2.75, 3.05) is 34.0 Å². The number of aryl methyl sites for hydroxylation is 1. The molecule has 0 saturated carbocycles. The normalized spacial score (nSPS) is 19.1. The van der Waals surface area contributed by atoms with E-state index in [2.05, 4.69) is 4.98 Å². The summed E-state index contributed by atoms with van der Waals surface area (Å²) in [4.78, 5) is 54.6. The zero-order valence-corrected chi connectivity index (χ0v) is 32.7. The van der Waals surface area contributed by atoms with E-state index in [1.807, 2.05) is 78.9 Å². The van der Waals surface area contributed by atoms with Crippen molar-refractivity contribution in [3.63, 3.8) is 0 Å². The zero-order chi connectivity index (χ0) is 40.8. The fraction of sp³-hybridized carbons (Fsp3) is 0.333. The molecule has 0 aliphatic carbocycles. The third-order valence-corrected chi connectivity index (χ3v) is 10.8. The molecular formula is C45H47N3O10. The Hall–Kier alpha value is -5.86. The Bertz CT molecular complexity index is 2240. The fourth-order valence-electron chi connectivity index (χ4n) is 7.70. The highest BCUT2D eigenvalue weighted by molar-refractivity contribution is 6.21. The highest BCUT2D eigenvalue weighted by Crippen LogP contribution is 2.43. The molecule has 1 aromatic heterocycles. The van der Waals surface area contributed by atoms with Gasteiger partial charge in [-0.05, 0) is 72.9 Å². The minimum absolute atomic E-state index is 0.126. The van der Waals surface area contributed by atoms with Crippen molar-refractivity contribution in [2.24, 2.45) is 0 Å². The van der Waals surface area contributed by atoms with Crippen molar-refractivity contribution in [3.05, 3.63) is 164 Å². The van der Waals surface area contributed by atoms with E-state index in [1.54, 1.807) is 45.4 Å². The summed E-state index contributed by atoms with van der Waals surface area (Å²) in [5.41, 5.74) is 1.12. The molecule has 13 nitrogen and oxygen atoms in total. The average molecular weight is 790 g/mol. The minimum Gasteiger partial charge on any atom is -0.497 e. The summed E-state index contributed by atoms with van der Waals surface area (Å²) in [5.74, 6) is 0.792. The Morgan fingerprint density at radius 3 is 1.86 bits per heavy atom. The number of aromatic nitrogens is 2. The summed E-state index contributed by atoms with van der Waals surface area (Å²) in [6, 6.07) is 31.7. The molecule has 5 aromatic rings. The summed E-state index contributed by atoms with van der Waals surface area (Å²) in [6.45, 7) is 2.00. The molecule has 0 radical (unpaired) electrons. The number of nitrogens with zero attached hydrogens (tertiary/aromatic N) is 2. The maximum atomic E-state index is 13.2. The molecule has 0 unspecified atom stereocenters. The van der Waals surface area contributed by atoms with Crippen LogP contribution in [-0.2, 0) is 19.8 Å². The number of H-pyrrole nitrogens is 1. The first-order valence-electron chi connectivity index (χ1n) is 19.4. The molecule has 2 amide bonds. The Kier molecular flexibility index (Phi) is 12.3. The Balaban J connectivity index is 1.09. The first kappa shape index (κ1) is 40.3. The number of nitrogens with one attached hydrogen (secondary N) is 1. The van der Waals surface area contributed by atoms with Gasteiger partial charge in [0, 0.05) is 24.9 Å². The number of aromatic amines is 1. The maximum absolute atomic E-state index is 13.2. The quantitative estimate of drug-likeness (QED) is 0.0713. The summed E-state index contributed by atoms with van der Waals surface area (Å²) < 4.78 is 32.0. The average Bonchev–Trinajstić information content (AvgIpc) is 3.69. The Morgan fingerprint density at radius 2 is 1.28 bits per heavy atom. The van der Waals surface area contributed by atoms with Gasteiger partial charge in [-0.3, -0.25) is 28.8 Å². The number of fused-ring (bicyclic) bond motifs is 1. The summed E-state index contributed by atoms with van der Waals surface area (Å²) in [7, 11) is 3.20. The third kappa shape index (κ3) is 7.98. The smallest absolute Gasteiger partial charge is 0.330 e. The monoisotopic (exact) mass is 789 g/mol. The number of rotatable bonds is 17. The van der Waals surface area contributed by atoms with Crippen LogP contribution < -0.4 is 20.7 Å². The van der Waals surface area contributed by atoms with Crippen LogP contribution in [0.1, 0.15) is 74.9 Å². The van der Waals surface area contributed by atoms with E-state index < -0.39 is 41.4 Å². The first-order chi connectivity index (χ1) is 28.2. The van der Waals surface area contributed by atoms with Gasteiger partial charge in [-0.1, -0.05) is 79.6 Å². The molecule has 13 heteroatoms. The number of aliphatic hydroxyl groups is 1. The second-order valence-corrected chi connectivity index (χ2v) is 14.4. The highest BCUT2D eigenvalue weighted by atomic mass is 16.6. The third-order valence-electron chi connectivity index (χ3n) is 10.8. The molecule has 3 heterocycles. The molecule has 2 aliphatic heterocycles. The molecule has 302 valence electrons. The SMILES string of the molecule is COc1ccc(C(OC[C@H]2O[C@@H](n3cc(C)c(=O)[nH]c3=O)[C@H](OCCCCCCN3C(=O)c4ccccc4C3=O)[C@@H]2O)(c2ccccc2)c2ccc(OC)cc2)cc1. The van der Waals surface area contributed by atoms with Gasteiger partial charge in [-0.2, -0.15) is 0 Å². The van der Waals surface area contributed by atoms with Crippen LogP contribution in [-0.4, -0.2) is 83.7 Å². The molecule has 4 aromatic carbocycles. The Morgan fingerprint density at radius 1 is 0.724 bits per heavy atom. The van der Waals surface area contributed by atoms with Gasteiger partial charge < -0.3 is 28.8 Å². The number of hydrogen-bond donors (Lipinski definition) is 2. The number of hydrogen-bond acceptors (Lipinski definition) is 10. The standard InChI is InChI=1S/C45H47N3O10/c1-29-27-48(44(53)46-40(29)50)43-39(56-26-12-5-4-11-25-47-41(51)35-15-9-10-16-36(35)42(47)52)38(49)37(58-43)28-57-45(30-13-7-6-8-14-30,31-17-21-33(54-2)22-18-31)32-19-23-34(55-3)24-20-32/h6-10,13-24,27,37-39,43,49H,4-5,11-12,25-26,28H2,1-3H3,(H,46,50,53)/t37-,38-,39-,43-/m1/s1. The number of carbonyl (C=O) groups excluding carboxylic acids is 2. The van der Waals surface area contributed by atoms with E-state index in [-0.39, 0.29) is 30.6 Å². The van der Waals surface area contributed by atoms with Gasteiger partial charge >= 0.3 is 5.69 Å². The summed E-state index contributed by atoms with van der Waals surface area (Å²) >= 11 is 0. The Labute approximate surface area is 335 Å². The molecule has 1 fully saturated rings. The van der Waals surface area contributed by atoms with E-state index in [0.29, 0.717) is 42.0 Å². The molecule has 0 spiro atoms. The van der Waals surface area contributed by atoms with Gasteiger partial charge in [0.1, 0.15) is 35.4 Å². The molecule has 2 aliphatic rings. The minimum atomic E-state index is -1.24. The van der Waals surface area contributed by atoms with Crippen LogP contribution in [0.2, 0.25) is 0 Å². The van der Waals surface area contributed by atoms with E-state index in [9.17, 15) is 24.3 Å². The molecule has 0 bridgehead atoms. The summed E-state index contributed by atoms with van der Waals surface area (Å²) in [6.07, 6.45) is -0.198. The van der Waals surface area contributed by atoms with Gasteiger partial charge in [-0.25, -0.2) is 4.79 Å². The molecular weight excluding hydrogens is 743 g/mol. The second-order valence-electron chi connectivity index (χ2n) is 14.4. The van der Waals surface area contributed by atoms with Crippen molar-refractivity contribution < 1.29 is 38.4 Å². The molecule has 58 heavy (non-hydrogen) atoms. The van der Waals surface area contributed by atoms with Crippen molar-refractivity contribution >= 4 is 11.8 Å². The number of benzene rings is 4. The number of aliphatic hydroxyl groups excluding tert-OH is 1. The van der Waals surface area contributed by atoms with Crippen LogP contribution in [0.3, 0.4) is 0 Å². The van der Waals surface area contributed by atoms with Gasteiger partial charge in [0.05, 0.1) is 32.0 Å². The molecule has 1 saturated heterocycles. The van der Waals surface area contributed by atoms with Gasteiger partial charge in [0.2, 0.25) is 0 Å². The van der Waals surface area contributed by atoms with Crippen molar-refractivity contribution in [1.29, 1.82) is 0 Å². The van der Waals surface area contributed by atoms with E-state index in [0.717, 1.165) is 29.5 Å². The zero-order valence-electron chi connectivity index (χ0n) is 32.7. The van der Waals surface area contributed by atoms with Gasteiger partial charge in [0.25, 0.3) is 17.4 Å². The number of unbranched alkanes of at least 4 members (excludes halogenated alkanes) is 3. The highest BCUT2D eigenvalue weighted by Gasteiger charge is 2.48. The van der Waals surface area contributed by atoms with Crippen LogP contribution in [0.4, 0.5) is 0 Å². The van der Waals surface area contributed by atoms with E-state index in [4.69, 9.17) is 23.7 Å². The van der Waals surface area contributed by atoms with Crippen molar-refractivity contribution in [3.8, 4) is 11.5 Å². The van der Waals surface area contributed by atoms with Crippen molar-refractivity contribution in [1.82, 2.24) is 14.5 Å². The number of carbonyl (C=O) groups is 2. The number of amides is 2. The van der Waals surface area contributed by atoms with Gasteiger partial charge in [0.15, 0.2) is 6.23 Å². The lowest BCUT2D eigenvalue weighted by molar-refractivity contribution is -0.0983. The number of methoxy groups -OCH3 is 2. The van der Waals surface area contributed by atoms with Crippen molar-refractivity contribution in [2.45, 2.75) is 62.7 Å². The fourth-order valence-corrected chi connectivity index (χ4v) is 7.70. The lowest BCUT2D eigenvalue weighted by Gasteiger charge is -2.37. The van der Waals surface area contributed by atoms with E-state index in [1.165, 1.54) is 15.7 Å². The molecule has 2 N–H and O–H groups in total. The lowest BCUT2D eigenvalue weighted by atomic mass is 9.80.